The van der Waals surface area contributed by atoms with Crippen LogP contribution in [0.25, 0.3) is 0 Å². The summed E-state index contributed by atoms with van der Waals surface area (Å²) in [7, 11) is 0. The minimum Gasteiger partial charge on any atom is -0.381 e. The molecule has 1 aromatic carbocycles. The molecule has 6 heteroatoms. The van der Waals surface area contributed by atoms with Crippen LogP contribution in [-0.2, 0) is 16.0 Å². The molecule has 1 aromatic heterocycles. The molecule has 1 atom stereocenters. The zero-order valence-electron chi connectivity index (χ0n) is 14.5. The van der Waals surface area contributed by atoms with Gasteiger partial charge in [-0.3, -0.25) is 4.79 Å². The van der Waals surface area contributed by atoms with Crippen LogP contribution in [0, 0.1) is 12.3 Å². The quantitative estimate of drug-likeness (QED) is 0.857. The highest BCUT2D eigenvalue weighted by Crippen LogP contribution is 2.49. The van der Waals surface area contributed by atoms with E-state index in [9.17, 15) is 4.79 Å². The Hall–Kier alpha value is -2.21. The zero-order chi connectivity index (χ0) is 17.3. The summed E-state index contributed by atoms with van der Waals surface area (Å²) in [4.78, 5) is 19.3. The largest absolute Gasteiger partial charge is 0.381 e. The maximum atomic E-state index is 12.9. The highest BCUT2D eigenvalue weighted by atomic mass is 16.5. The summed E-state index contributed by atoms with van der Waals surface area (Å²) in [6.45, 7) is 4.67. The lowest BCUT2D eigenvalue weighted by molar-refractivity contribution is -0.130. The molecule has 2 fully saturated rings. The number of carbonyl (C=O) groups excluding carboxylic acids is 1. The van der Waals surface area contributed by atoms with Crippen LogP contribution in [0.4, 0.5) is 0 Å². The lowest BCUT2D eigenvalue weighted by atomic mass is 9.72. The molecule has 0 aliphatic carbocycles. The number of hydrogen-bond donors (Lipinski definition) is 0. The van der Waals surface area contributed by atoms with Crippen LogP contribution in [0.1, 0.15) is 36.0 Å². The van der Waals surface area contributed by atoms with Gasteiger partial charge >= 0.3 is 0 Å². The number of aryl methyl sites for hydroxylation is 1. The van der Waals surface area contributed by atoms with Gasteiger partial charge in [-0.25, -0.2) is 0 Å². The SMILES string of the molecule is Cc1noc(C2CN(C(=O)Cc3ccccc3)CC23CCOCC3)n1. The first-order valence-corrected chi connectivity index (χ1v) is 8.86. The molecule has 3 heterocycles. The van der Waals surface area contributed by atoms with E-state index in [1.54, 1.807) is 0 Å². The highest BCUT2D eigenvalue weighted by Gasteiger charge is 2.51. The van der Waals surface area contributed by atoms with E-state index in [-0.39, 0.29) is 17.2 Å². The molecule has 0 N–H and O–H groups in total. The Bertz CT molecular complexity index is 737. The Kier molecular flexibility index (Phi) is 4.29. The number of ether oxygens (including phenoxy) is 1. The fraction of sp³-hybridized carbons (Fsp3) is 0.526. The van der Waals surface area contributed by atoms with Crippen molar-refractivity contribution in [2.24, 2.45) is 5.41 Å². The van der Waals surface area contributed by atoms with Crippen molar-refractivity contribution in [3.8, 4) is 0 Å². The second-order valence-corrected chi connectivity index (χ2v) is 7.14. The molecule has 6 nitrogen and oxygen atoms in total. The Morgan fingerprint density at radius 1 is 1.28 bits per heavy atom. The zero-order valence-corrected chi connectivity index (χ0v) is 14.5. The molecular formula is C19H23N3O3. The molecule has 132 valence electrons. The van der Waals surface area contributed by atoms with Crippen LogP contribution in [0.15, 0.2) is 34.9 Å². The van der Waals surface area contributed by atoms with Crippen LogP contribution >= 0.6 is 0 Å². The molecule has 0 saturated carbocycles. The van der Waals surface area contributed by atoms with Crippen LogP contribution in [0.5, 0.6) is 0 Å². The first kappa shape index (κ1) is 16.3. The van der Waals surface area contributed by atoms with Gasteiger partial charge in [0.2, 0.25) is 11.8 Å². The number of hydrogen-bond acceptors (Lipinski definition) is 5. The molecule has 4 rings (SSSR count). The maximum Gasteiger partial charge on any atom is 0.232 e. The van der Waals surface area contributed by atoms with Crippen LogP contribution in [-0.4, -0.2) is 47.3 Å². The minimum absolute atomic E-state index is 0.0103. The average Bonchev–Trinajstić information content (AvgIpc) is 3.20. The van der Waals surface area contributed by atoms with Crippen LogP contribution < -0.4 is 0 Å². The van der Waals surface area contributed by atoms with Gasteiger partial charge in [0.25, 0.3) is 0 Å². The van der Waals surface area contributed by atoms with E-state index in [1.807, 2.05) is 42.2 Å². The molecular weight excluding hydrogens is 318 g/mol. The normalized spacial score (nSPS) is 22.4. The molecule has 0 bridgehead atoms. The predicted octanol–water partition coefficient (Wildman–Crippen LogP) is 2.34. The smallest absolute Gasteiger partial charge is 0.232 e. The molecule has 1 spiro atoms. The van der Waals surface area contributed by atoms with Gasteiger partial charge in [0.05, 0.1) is 12.3 Å². The molecule has 2 aliphatic heterocycles. The first-order valence-electron chi connectivity index (χ1n) is 8.86. The summed E-state index contributed by atoms with van der Waals surface area (Å²) in [5.41, 5.74) is 1.04. The van der Waals surface area contributed by atoms with Crippen molar-refractivity contribution in [1.82, 2.24) is 15.0 Å². The molecule has 2 aromatic rings. The number of nitrogens with zero attached hydrogens (tertiary/aromatic N) is 3. The number of likely N-dealkylation sites (tertiary alicyclic amines) is 1. The second-order valence-electron chi connectivity index (χ2n) is 7.14. The third-order valence-corrected chi connectivity index (χ3v) is 5.53. The number of rotatable bonds is 3. The third-order valence-electron chi connectivity index (χ3n) is 5.53. The maximum absolute atomic E-state index is 12.9. The summed E-state index contributed by atoms with van der Waals surface area (Å²) < 4.78 is 11.0. The van der Waals surface area contributed by atoms with Gasteiger partial charge in [0, 0.05) is 31.7 Å². The molecule has 1 amide bonds. The second kappa shape index (κ2) is 6.59. The van der Waals surface area contributed by atoms with E-state index < -0.39 is 0 Å². The Morgan fingerprint density at radius 2 is 2.04 bits per heavy atom. The number of aromatic nitrogens is 2. The first-order chi connectivity index (χ1) is 12.2. The summed E-state index contributed by atoms with van der Waals surface area (Å²) in [5, 5.41) is 3.96. The summed E-state index contributed by atoms with van der Waals surface area (Å²) in [6, 6.07) is 9.90. The van der Waals surface area contributed by atoms with Gasteiger partial charge < -0.3 is 14.2 Å². The van der Waals surface area contributed by atoms with Gasteiger partial charge in [-0.2, -0.15) is 4.98 Å². The van der Waals surface area contributed by atoms with Gasteiger partial charge in [-0.15, -0.1) is 0 Å². The van der Waals surface area contributed by atoms with E-state index in [1.165, 1.54) is 0 Å². The average molecular weight is 341 g/mol. The van der Waals surface area contributed by atoms with E-state index in [0.29, 0.717) is 24.7 Å². The van der Waals surface area contributed by atoms with E-state index in [4.69, 9.17) is 9.26 Å². The van der Waals surface area contributed by atoms with Gasteiger partial charge in [-0.1, -0.05) is 35.5 Å². The number of benzene rings is 1. The van der Waals surface area contributed by atoms with Crippen LogP contribution in [0.2, 0.25) is 0 Å². The van der Waals surface area contributed by atoms with E-state index in [2.05, 4.69) is 10.1 Å². The van der Waals surface area contributed by atoms with Gasteiger partial charge in [-0.05, 0) is 25.3 Å². The predicted molar refractivity (Wildman–Crippen MR) is 91.0 cm³/mol. The molecule has 0 radical (unpaired) electrons. The summed E-state index contributed by atoms with van der Waals surface area (Å²) >= 11 is 0. The topological polar surface area (TPSA) is 68.5 Å². The van der Waals surface area contributed by atoms with E-state index in [0.717, 1.165) is 38.2 Å². The molecule has 2 saturated heterocycles. The van der Waals surface area contributed by atoms with Crippen molar-refractivity contribution in [3.05, 3.63) is 47.6 Å². The Labute approximate surface area is 147 Å². The van der Waals surface area contributed by atoms with Crippen molar-refractivity contribution < 1.29 is 14.1 Å². The van der Waals surface area contributed by atoms with Crippen molar-refractivity contribution in [1.29, 1.82) is 0 Å². The van der Waals surface area contributed by atoms with Gasteiger partial charge in [0.15, 0.2) is 5.82 Å². The lowest BCUT2D eigenvalue weighted by Crippen LogP contribution is -2.37. The third kappa shape index (κ3) is 3.18. The molecule has 2 aliphatic rings. The molecule has 1 unspecified atom stereocenters. The Balaban J connectivity index is 1.56. The van der Waals surface area contributed by atoms with E-state index >= 15 is 0 Å². The Morgan fingerprint density at radius 3 is 2.72 bits per heavy atom. The minimum atomic E-state index is -0.0103. The lowest BCUT2D eigenvalue weighted by Gasteiger charge is -2.36. The molecule has 25 heavy (non-hydrogen) atoms. The van der Waals surface area contributed by atoms with Crippen molar-refractivity contribution in [3.63, 3.8) is 0 Å². The standard InChI is InChI=1S/C19H23N3O3/c1-14-20-18(25-21-14)16-12-22(13-19(16)7-9-24-10-8-19)17(23)11-15-5-3-2-4-6-15/h2-6,16H,7-13H2,1H3. The monoisotopic (exact) mass is 341 g/mol. The fourth-order valence-electron chi connectivity index (χ4n) is 4.12. The van der Waals surface area contributed by atoms with Crippen molar-refractivity contribution >= 4 is 5.91 Å². The van der Waals surface area contributed by atoms with Crippen molar-refractivity contribution in [2.45, 2.75) is 32.1 Å². The number of amides is 1. The highest BCUT2D eigenvalue weighted by molar-refractivity contribution is 5.79. The fourth-order valence-corrected chi connectivity index (χ4v) is 4.12. The number of carbonyl (C=O) groups is 1. The van der Waals surface area contributed by atoms with Crippen LogP contribution in [0.3, 0.4) is 0 Å². The summed E-state index contributed by atoms with van der Waals surface area (Å²) in [6.07, 6.45) is 2.28. The van der Waals surface area contributed by atoms with Crippen molar-refractivity contribution in [2.75, 3.05) is 26.3 Å². The summed E-state index contributed by atoms with van der Waals surface area (Å²) in [5.74, 6) is 1.56. The van der Waals surface area contributed by atoms with Gasteiger partial charge in [0.1, 0.15) is 0 Å².